The van der Waals surface area contributed by atoms with Gasteiger partial charge >= 0.3 is 0 Å². The molecular weight excluding hydrogens is 312 g/mol. The second kappa shape index (κ2) is 6.93. The van der Waals surface area contributed by atoms with Gasteiger partial charge < -0.3 is 10.2 Å². The molecule has 1 aliphatic heterocycles. The van der Waals surface area contributed by atoms with Crippen molar-refractivity contribution >= 4 is 23.2 Å². The quantitative estimate of drug-likeness (QED) is 0.888. The average Bonchev–Trinajstić information content (AvgIpc) is 2.85. The van der Waals surface area contributed by atoms with Crippen LogP contribution >= 0.6 is 0 Å². The van der Waals surface area contributed by atoms with Crippen LogP contribution in [0.15, 0.2) is 55.1 Å². The Hall–Kier alpha value is -2.88. The molecule has 0 aliphatic carbocycles. The molecule has 2 amide bonds. The van der Waals surface area contributed by atoms with E-state index in [0.717, 1.165) is 11.3 Å². The Kier molecular flexibility index (Phi) is 4.70. The third-order valence-corrected chi connectivity index (χ3v) is 4.46. The van der Waals surface area contributed by atoms with Crippen LogP contribution in [0, 0.1) is 0 Å². The molecule has 1 heterocycles. The summed E-state index contributed by atoms with van der Waals surface area (Å²) < 4.78 is 0. The molecular formula is C21H22N2O2. The van der Waals surface area contributed by atoms with Crippen LogP contribution in [-0.4, -0.2) is 23.3 Å². The summed E-state index contributed by atoms with van der Waals surface area (Å²) in [5.74, 6) is 0.252. The number of nitrogens with zero attached hydrogens (tertiary/aromatic N) is 1. The summed E-state index contributed by atoms with van der Waals surface area (Å²) in [6.07, 6.45) is 0.227. The van der Waals surface area contributed by atoms with Gasteiger partial charge in [-0.05, 0) is 29.7 Å². The predicted octanol–water partition coefficient (Wildman–Crippen LogP) is 4.27. The monoisotopic (exact) mass is 334 g/mol. The van der Waals surface area contributed by atoms with Crippen molar-refractivity contribution < 1.29 is 9.59 Å². The summed E-state index contributed by atoms with van der Waals surface area (Å²) in [4.78, 5) is 26.2. The number of anilines is 1. The van der Waals surface area contributed by atoms with Crippen LogP contribution in [0.4, 0.5) is 5.69 Å². The maximum atomic E-state index is 12.4. The van der Waals surface area contributed by atoms with E-state index >= 15 is 0 Å². The number of fused-ring (bicyclic) bond motifs is 1. The van der Waals surface area contributed by atoms with Crippen LogP contribution in [0.25, 0.3) is 5.70 Å². The zero-order valence-corrected chi connectivity index (χ0v) is 14.6. The van der Waals surface area contributed by atoms with Gasteiger partial charge in [0.1, 0.15) is 0 Å². The normalized spacial score (nSPS) is 13.3. The highest BCUT2D eigenvalue weighted by Gasteiger charge is 2.30. The Labute approximate surface area is 148 Å². The summed E-state index contributed by atoms with van der Waals surface area (Å²) in [6, 6.07) is 15.2. The first-order valence-electron chi connectivity index (χ1n) is 8.47. The molecule has 0 saturated heterocycles. The van der Waals surface area contributed by atoms with Crippen molar-refractivity contribution in [3.63, 3.8) is 0 Å². The minimum atomic E-state index is -0.117. The summed E-state index contributed by atoms with van der Waals surface area (Å²) in [5, 5.41) is 2.88. The van der Waals surface area contributed by atoms with Crippen LogP contribution in [0.1, 0.15) is 47.7 Å². The van der Waals surface area contributed by atoms with Gasteiger partial charge in [-0.15, -0.1) is 0 Å². The molecule has 128 valence electrons. The molecule has 2 aromatic carbocycles. The van der Waals surface area contributed by atoms with Gasteiger partial charge in [-0.1, -0.05) is 50.8 Å². The van der Waals surface area contributed by atoms with Crippen molar-refractivity contribution in [2.45, 2.75) is 26.2 Å². The van der Waals surface area contributed by atoms with E-state index in [-0.39, 0.29) is 18.2 Å². The molecule has 1 aliphatic rings. The SMILES string of the molecule is C=C1c2ccccc2C(=O)N1CCC(=O)Nc1ccc(C(C)C)cc1. The number of carbonyl (C=O) groups excluding carboxylic acids is 2. The molecule has 0 spiro atoms. The predicted molar refractivity (Wildman–Crippen MR) is 100 cm³/mol. The number of rotatable bonds is 5. The third-order valence-electron chi connectivity index (χ3n) is 4.46. The zero-order chi connectivity index (χ0) is 18.0. The van der Waals surface area contributed by atoms with E-state index in [0.29, 0.717) is 23.7 Å². The molecule has 0 bridgehead atoms. The molecule has 25 heavy (non-hydrogen) atoms. The van der Waals surface area contributed by atoms with Crippen molar-refractivity contribution in [1.82, 2.24) is 4.90 Å². The van der Waals surface area contributed by atoms with Crippen LogP contribution < -0.4 is 5.32 Å². The largest absolute Gasteiger partial charge is 0.326 e. The molecule has 2 aromatic rings. The van der Waals surface area contributed by atoms with Gasteiger partial charge in [0.25, 0.3) is 5.91 Å². The Bertz CT molecular complexity index is 787. The molecule has 0 aromatic heterocycles. The van der Waals surface area contributed by atoms with Gasteiger partial charge in [-0.25, -0.2) is 0 Å². The Balaban J connectivity index is 1.58. The standard InChI is InChI=1S/C21H22N2O2/c1-14(2)16-8-10-17(11-9-16)22-20(24)12-13-23-15(3)18-6-4-5-7-19(18)21(23)25/h4-11,14H,3,12-13H2,1-2H3,(H,22,24). The second-order valence-electron chi connectivity index (χ2n) is 6.52. The first kappa shape index (κ1) is 17.0. The lowest BCUT2D eigenvalue weighted by molar-refractivity contribution is -0.116. The minimum absolute atomic E-state index is 0.0883. The molecule has 0 radical (unpaired) electrons. The van der Waals surface area contributed by atoms with Crippen molar-refractivity contribution in [3.05, 3.63) is 71.8 Å². The van der Waals surface area contributed by atoms with E-state index in [1.54, 1.807) is 11.0 Å². The smallest absolute Gasteiger partial charge is 0.258 e. The minimum Gasteiger partial charge on any atom is -0.326 e. The lowest BCUT2D eigenvalue weighted by Gasteiger charge is -2.17. The molecule has 1 N–H and O–H groups in total. The Morgan fingerprint density at radius 1 is 1.08 bits per heavy atom. The zero-order valence-electron chi connectivity index (χ0n) is 14.6. The van der Waals surface area contributed by atoms with E-state index in [1.807, 2.05) is 42.5 Å². The molecule has 3 rings (SSSR count). The first-order valence-corrected chi connectivity index (χ1v) is 8.47. The van der Waals surface area contributed by atoms with Crippen molar-refractivity contribution in [2.75, 3.05) is 11.9 Å². The van der Waals surface area contributed by atoms with E-state index in [4.69, 9.17) is 0 Å². The summed E-state index contributed by atoms with van der Waals surface area (Å²) in [7, 11) is 0. The molecule has 0 fully saturated rings. The topological polar surface area (TPSA) is 49.4 Å². The lowest BCUT2D eigenvalue weighted by Crippen LogP contribution is -2.27. The van der Waals surface area contributed by atoms with Crippen LogP contribution in [0.2, 0.25) is 0 Å². The van der Waals surface area contributed by atoms with Gasteiger partial charge in [0.05, 0.1) is 0 Å². The van der Waals surface area contributed by atoms with Crippen molar-refractivity contribution in [1.29, 1.82) is 0 Å². The van der Waals surface area contributed by atoms with E-state index in [9.17, 15) is 9.59 Å². The van der Waals surface area contributed by atoms with Crippen LogP contribution in [0.5, 0.6) is 0 Å². The maximum Gasteiger partial charge on any atom is 0.258 e. The highest BCUT2D eigenvalue weighted by molar-refractivity contribution is 6.09. The molecule has 0 saturated carbocycles. The first-order chi connectivity index (χ1) is 12.0. The van der Waals surface area contributed by atoms with Crippen molar-refractivity contribution in [3.8, 4) is 0 Å². The Morgan fingerprint density at radius 2 is 1.72 bits per heavy atom. The number of hydrogen-bond donors (Lipinski definition) is 1. The Morgan fingerprint density at radius 3 is 2.32 bits per heavy atom. The average molecular weight is 334 g/mol. The van der Waals surface area contributed by atoms with E-state index in [2.05, 4.69) is 25.7 Å². The maximum absolute atomic E-state index is 12.4. The lowest BCUT2D eigenvalue weighted by atomic mass is 10.0. The third kappa shape index (κ3) is 3.48. The van der Waals surface area contributed by atoms with Gasteiger partial charge in [0, 0.05) is 35.5 Å². The molecule has 0 unspecified atom stereocenters. The summed E-state index contributed by atoms with van der Waals surface area (Å²) in [6.45, 7) is 8.57. The van der Waals surface area contributed by atoms with Gasteiger partial charge in [0.2, 0.25) is 5.91 Å². The van der Waals surface area contributed by atoms with E-state index < -0.39 is 0 Å². The summed E-state index contributed by atoms with van der Waals surface area (Å²) in [5.41, 5.74) is 4.16. The summed E-state index contributed by atoms with van der Waals surface area (Å²) >= 11 is 0. The fourth-order valence-electron chi connectivity index (χ4n) is 2.96. The number of hydrogen-bond acceptors (Lipinski definition) is 2. The van der Waals surface area contributed by atoms with Gasteiger partial charge in [-0.2, -0.15) is 0 Å². The molecule has 4 nitrogen and oxygen atoms in total. The van der Waals surface area contributed by atoms with Gasteiger partial charge in [0.15, 0.2) is 0 Å². The van der Waals surface area contributed by atoms with Crippen LogP contribution in [0.3, 0.4) is 0 Å². The van der Waals surface area contributed by atoms with E-state index in [1.165, 1.54) is 5.56 Å². The highest BCUT2D eigenvalue weighted by atomic mass is 16.2. The second-order valence-corrected chi connectivity index (χ2v) is 6.52. The van der Waals surface area contributed by atoms with Crippen molar-refractivity contribution in [2.24, 2.45) is 0 Å². The number of carbonyl (C=O) groups is 2. The fraction of sp³-hybridized carbons (Fsp3) is 0.238. The number of amides is 2. The van der Waals surface area contributed by atoms with Crippen LogP contribution in [-0.2, 0) is 4.79 Å². The molecule has 0 atom stereocenters. The van der Waals surface area contributed by atoms with Gasteiger partial charge in [-0.3, -0.25) is 9.59 Å². The fourth-order valence-corrected chi connectivity index (χ4v) is 2.96. The number of benzene rings is 2. The number of nitrogens with one attached hydrogen (secondary N) is 1. The molecule has 4 heteroatoms. The highest BCUT2D eigenvalue weighted by Crippen LogP contribution is 2.31.